The maximum absolute atomic E-state index is 5.72. The number of nitrogens with two attached hydrogens (primary N) is 1. The molecule has 0 amide bonds. The molecule has 1 aliphatic rings. The second kappa shape index (κ2) is 14.7. The van der Waals surface area contributed by atoms with Gasteiger partial charge in [-0.3, -0.25) is 4.98 Å². The van der Waals surface area contributed by atoms with Crippen LogP contribution in [0, 0.1) is 6.92 Å². The average Bonchev–Trinajstić information content (AvgIpc) is 3.30. The Morgan fingerprint density at radius 2 is 1.74 bits per heavy atom. The maximum Gasteiger partial charge on any atom is 0.0486 e. The molecular formula is C32H42Cl2N4. The van der Waals surface area contributed by atoms with E-state index in [9.17, 15) is 0 Å². The molecular weight excluding hydrogens is 511 g/mol. The third-order valence-electron chi connectivity index (χ3n) is 7.83. The van der Waals surface area contributed by atoms with E-state index in [4.69, 9.17) is 5.73 Å². The number of nitrogens with zero attached hydrogens (tertiary/aromatic N) is 2. The molecule has 38 heavy (non-hydrogen) atoms. The van der Waals surface area contributed by atoms with Gasteiger partial charge in [-0.1, -0.05) is 55.2 Å². The van der Waals surface area contributed by atoms with Gasteiger partial charge in [0.25, 0.3) is 0 Å². The van der Waals surface area contributed by atoms with E-state index in [1.54, 1.807) is 0 Å². The Hall–Kier alpha value is -2.37. The highest BCUT2D eigenvalue weighted by Crippen LogP contribution is 2.40. The van der Waals surface area contributed by atoms with Crippen LogP contribution in [0.3, 0.4) is 0 Å². The van der Waals surface area contributed by atoms with Crippen LogP contribution in [0.15, 0.2) is 73.2 Å². The first-order valence-electron chi connectivity index (χ1n) is 13.8. The molecule has 0 saturated heterocycles. The third-order valence-corrected chi connectivity index (χ3v) is 7.83. The van der Waals surface area contributed by atoms with E-state index >= 15 is 0 Å². The summed E-state index contributed by atoms with van der Waals surface area (Å²) in [6, 6.07) is 21.0. The Kier molecular flexibility index (Phi) is 11.7. The molecule has 0 radical (unpaired) electrons. The number of aryl methyl sites for hydroxylation is 1. The molecule has 1 fully saturated rings. The van der Waals surface area contributed by atoms with E-state index in [1.807, 2.05) is 12.4 Å². The Morgan fingerprint density at radius 1 is 0.947 bits per heavy atom. The summed E-state index contributed by atoms with van der Waals surface area (Å²) in [5.74, 6) is 0.343. The van der Waals surface area contributed by atoms with Gasteiger partial charge in [0.2, 0.25) is 0 Å². The maximum atomic E-state index is 5.72. The summed E-state index contributed by atoms with van der Waals surface area (Å²) < 4.78 is 2.62. The molecule has 1 saturated carbocycles. The van der Waals surface area contributed by atoms with Crippen LogP contribution >= 0.6 is 24.8 Å². The Bertz CT molecular complexity index is 1270. The van der Waals surface area contributed by atoms with E-state index in [2.05, 4.69) is 82.6 Å². The highest BCUT2D eigenvalue weighted by atomic mass is 35.5. The van der Waals surface area contributed by atoms with Crippen molar-refractivity contribution in [2.75, 3.05) is 19.6 Å². The normalized spacial score (nSPS) is 14.6. The van der Waals surface area contributed by atoms with Crippen LogP contribution in [0.25, 0.3) is 22.0 Å². The van der Waals surface area contributed by atoms with Crippen molar-refractivity contribution < 1.29 is 0 Å². The van der Waals surface area contributed by atoms with Gasteiger partial charge >= 0.3 is 0 Å². The molecule has 0 aliphatic heterocycles. The average molecular weight is 554 g/mol. The highest BCUT2D eigenvalue weighted by molar-refractivity contribution is 5.89. The monoisotopic (exact) mass is 552 g/mol. The predicted octanol–water partition coefficient (Wildman–Crippen LogP) is 7.82. The minimum Gasteiger partial charge on any atom is -0.344 e. The number of benzene rings is 2. The quantitative estimate of drug-likeness (QED) is 0.197. The number of pyridine rings is 1. The van der Waals surface area contributed by atoms with Crippen molar-refractivity contribution in [2.24, 2.45) is 5.73 Å². The van der Waals surface area contributed by atoms with Gasteiger partial charge in [0.05, 0.1) is 0 Å². The molecule has 4 aromatic rings. The van der Waals surface area contributed by atoms with Crippen LogP contribution in [0.5, 0.6) is 0 Å². The van der Waals surface area contributed by atoms with Crippen LogP contribution in [0.1, 0.15) is 73.6 Å². The zero-order valence-corrected chi connectivity index (χ0v) is 24.1. The van der Waals surface area contributed by atoms with Gasteiger partial charge in [-0.25, -0.2) is 0 Å². The smallest absolute Gasteiger partial charge is 0.0486 e. The standard InChI is InChI=1S/C32H40N4.2ClH/c1-24-7-5-8-27(21-24)29(15-20-34-17-6-16-33)31-23-36(28-9-3-2-4-10-28)32-12-11-26(22-30(31)32)25-13-18-35-19-14-25;;/h5,7-8,11-14,18-19,21-23,28-29,34H,2-4,6,9-10,15-17,20,33H2,1H3;2*1H. The number of nitrogens with one attached hydrogen (secondary N) is 1. The molecule has 0 bridgehead atoms. The summed E-state index contributed by atoms with van der Waals surface area (Å²) in [7, 11) is 0. The van der Waals surface area contributed by atoms with Crippen molar-refractivity contribution in [3.63, 3.8) is 0 Å². The Balaban J connectivity index is 0.00000200. The van der Waals surface area contributed by atoms with Crippen molar-refractivity contribution in [3.05, 3.63) is 89.9 Å². The molecule has 1 atom stereocenters. The molecule has 0 spiro atoms. The van der Waals surface area contributed by atoms with E-state index in [-0.39, 0.29) is 24.8 Å². The van der Waals surface area contributed by atoms with Crippen molar-refractivity contribution in [1.82, 2.24) is 14.9 Å². The first-order valence-corrected chi connectivity index (χ1v) is 13.8. The fraction of sp³-hybridized carbons (Fsp3) is 0.406. The molecule has 5 rings (SSSR count). The molecule has 1 unspecified atom stereocenters. The van der Waals surface area contributed by atoms with E-state index in [1.165, 1.54) is 70.8 Å². The molecule has 204 valence electrons. The minimum atomic E-state index is 0. The van der Waals surface area contributed by atoms with Crippen LogP contribution in [-0.4, -0.2) is 29.2 Å². The van der Waals surface area contributed by atoms with Crippen molar-refractivity contribution in [2.45, 2.75) is 63.8 Å². The molecule has 2 aromatic carbocycles. The fourth-order valence-corrected chi connectivity index (χ4v) is 5.93. The Labute approximate surface area is 240 Å². The number of fused-ring (bicyclic) bond motifs is 1. The molecule has 3 N–H and O–H groups in total. The Morgan fingerprint density at radius 3 is 2.47 bits per heavy atom. The summed E-state index contributed by atoms with van der Waals surface area (Å²) in [6.45, 7) is 4.90. The van der Waals surface area contributed by atoms with Crippen molar-refractivity contribution >= 4 is 35.7 Å². The van der Waals surface area contributed by atoms with Gasteiger partial charge in [0.1, 0.15) is 0 Å². The summed E-state index contributed by atoms with van der Waals surface area (Å²) in [4.78, 5) is 4.23. The van der Waals surface area contributed by atoms with Crippen LogP contribution in [-0.2, 0) is 0 Å². The van der Waals surface area contributed by atoms with Gasteiger partial charge < -0.3 is 15.6 Å². The number of halogens is 2. The van der Waals surface area contributed by atoms with Gasteiger partial charge in [-0.15, -0.1) is 24.8 Å². The lowest BCUT2D eigenvalue weighted by molar-refractivity contribution is 0.360. The highest BCUT2D eigenvalue weighted by Gasteiger charge is 2.24. The van der Waals surface area contributed by atoms with Crippen LogP contribution in [0.4, 0.5) is 0 Å². The molecule has 2 heterocycles. The SMILES string of the molecule is Cc1cccc(C(CCNCCCN)c2cn(C3CCCCC3)c3ccc(-c4ccncc4)cc23)c1.Cl.Cl. The van der Waals surface area contributed by atoms with E-state index < -0.39 is 0 Å². The predicted molar refractivity (Wildman–Crippen MR) is 166 cm³/mol. The van der Waals surface area contributed by atoms with E-state index in [0.29, 0.717) is 12.0 Å². The first-order chi connectivity index (χ1) is 17.7. The van der Waals surface area contributed by atoms with Gasteiger partial charge in [-0.2, -0.15) is 0 Å². The number of aromatic nitrogens is 2. The van der Waals surface area contributed by atoms with Gasteiger partial charge in [-0.05, 0) is 98.8 Å². The fourth-order valence-electron chi connectivity index (χ4n) is 5.93. The second-order valence-electron chi connectivity index (χ2n) is 10.4. The zero-order valence-electron chi connectivity index (χ0n) is 22.4. The summed E-state index contributed by atoms with van der Waals surface area (Å²) in [6.07, 6.45) is 15.0. The lowest BCUT2D eigenvalue weighted by atomic mass is 9.87. The lowest BCUT2D eigenvalue weighted by Gasteiger charge is -2.24. The van der Waals surface area contributed by atoms with Crippen LogP contribution < -0.4 is 11.1 Å². The van der Waals surface area contributed by atoms with Gasteiger partial charge in [0, 0.05) is 41.5 Å². The second-order valence-corrected chi connectivity index (χ2v) is 10.4. The van der Waals surface area contributed by atoms with E-state index in [0.717, 1.165) is 32.5 Å². The summed E-state index contributed by atoms with van der Waals surface area (Å²) in [5, 5.41) is 5.02. The zero-order chi connectivity index (χ0) is 24.7. The molecule has 2 aromatic heterocycles. The minimum absolute atomic E-state index is 0. The molecule has 4 nitrogen and oxygen atoms in total. The molecule has 1 aliphatic carbocycles. The van der Waals surface area contributed by atoms with Crippen molar-refractivity contribution in [1.29, 1.82) is 0 Å². The van der Waals surface area contributed by atoms with Crippen LogP contribution in [0.2, 0.25) is 0 Å². The van der Waals surface area contributed by atoms with Crippen molar-refractivity contribution in [3.8, 4) is 11.1 Å². The summed E-state index contributed by atoms with van der Waals surface area (Å²) >= 11 is 0. The number of hydrogen-bond donors (Lipinski definition) is 2. The number of rotatable bonds is 10. The molecule has 6 heteroatoms. The van der Waals surface area contributed by atoms with Gasteiger partial charge in [0.15, 0.2) is 0 Å². The lowest BCUT2D eigenvalue weighted by Crippen LogP contribution is -2.21. The largest absolute Gasteiger partial charge is 0.344 e. The number of hydrogen-bond acceptors (Lipinski definition) is 3. The third kappa shape index (κ3) is 6.98. The first kappa shape index (κ1) is 30.2. The topological polar surface area (TPSA) is 55.9 Å². The summed E-state index contributed by atoms with van der Waals surface area (Å²) in [5.41, 5.74) is 13.8.